The standard InChI is InChI=1S/C20H25N3O4S2/c1-12-8-9-13(2)16(10-12)29(26,27)22-11-17(24)23-20-18(19(21)25)14-6-4-3-5-7-15(14)28-20/h8-10,22H,3-7,11H2,1-2H3,(H2,21,25)(H,23,24). The maximum atomic E-state index is 12.6. The van der Waals surface area contributed by atoms with Crippen molar-refractivity contribution in [1.82, 2.24) is 4.72 Å². The van der Waals surface area contributed by atoms with E-state index in [2.05, 4.69) is 10.0 Å². The molecule has 1 aliphatic rings. The molecule has 29 heavy (non-hydrogen) atoms. The number of nitrogens with two attached hydrogens (primary N) is 1. The fraction of sp³-hybridized carbons (Fsp3) is 0.400. The Hall–Kier alpha value is -2.23. The normalized spacial score (nSPS) is 14.1. The summed E-state index contributed by atoms with van der Waals surface area (Å²) in [4.78, 5) is 25.6. The number of hydrogen-bond acceptors (Lipinski definition) is 5. The topological polar surface area (TPSA) is 118 Å². The van der Waals surface area contributed by atoms with E-state index < -0.39 is 28.4 Å². The van der Waals surface area contributed by atoms with Gasteiger partial charge in [0.2, 0.25) is 15.9 Å². The Morgan fingerprint density at radius 2 is 1.86 bits per heavy atom. The number of benzene rings is 1. The van der Waals surface area contributed by atoms with Gasteiger partial charge >= 0.3 is 0 Å². The molecule has 9 heteroatoms. The number of carbonyl (C=O) groups excluding carboxylic acids is 2. The van der Waals surface area contributed by atoms with Crippen LogP contribution in [-0.4, -0.2) is 26.8 Å². The van der Waals surface area contributed by atoms with Crippen molar-refractivity contribution in [3.05, 3.63) is 45.3 Å². The number of anilines is 1. The summed E-state index contributed by atoms with van der Waals surface area (Å²) in [5.41, 5.74) is 8.26. The third kappa shape index (κ3) is 4.85. The van der Waals surface area contributed by atoms with Crippen LogP contribution in [0.25, 0.3) is 0 Å². The van der Waals surface area contributed by atoms with Crippen molar-refractivity contribution < 1.29 is 18.0 Å². The summed E-state index contributed by atoms with van der Waals surface area (Å²) in [5.74, 6) is -1.12. The van der Waals surface area contributed by atoms with E-state index in [1.807, 2.05) is 6.07 Å². The molecule has 1 aliphatic carbocycles. The van der Waals surface area contributed by atoms with E-state index in [9.17, 15) is 18.0 Å². The predicted molar refractivity (Wildman–Crippen MR) is 114 cm³/mol. The third-order valence-corrected chi connectivity index (χ3v) is 7.73. The first kappa shape index (κ1) is 21.5. The van der Waals surface area contributed by atoms with Crippen LogP contribution >= 0.6 is 11.3 Å². The van der Waals surface area contributed by atoms with Crippen molar-refractivity contribution in [3.8, 4) is 0 Å². The first-order valence-electron chi connectivity index (χ1n) is 9.50. The van der Waals surface area contributed by atoms with Gasteiger partial charge in [-0.25, -0.2) is 13.1 Å². The van der Waals surface area contributed by atoms with Crippen LogP contribution in [0.4, 0.5) is 5.00 Å². The van der Waals surface area contributed by atoms with E-state index in [4.69, 9.17) is 5.73 Å². The summed E-state index contributed by atoms with van der Waals surface area (Å²) in [5, 5.41) is 3.07. The number of rotatable bonds is 6. The Morgan fingerprint density at radius 3 is 2.59 bits per heavy atom. The molecule has 0 unspecified atom stereocenters. The summed E-state index contributed by atoms with van der Waals surface area (Å²) in [6.07, 6.45) is 4.73. The van der Waals surface area contributed by atoms with Gasteiger partial charge in [-0.3, -0.25) is 9.59 Å². The van der Waals surface area contributed by atoms with Gasteiger partial charge in [0, 0.05) is 4.88 Å². The van der Waals surface area contributed by atoms with Crippen LogP contribution in [0.3, 0.4) is 0 Å². The SMILES string of the molecule is Cc1ccc(C)c(S(=O)(=O)NCC(=O)Nc2sc3c(c2C(N)=O)CCCCC3)c1. The molecule has 0 atom stereocenters. The molecular weight excluding hydrogens is 410 g/mol. The Balaban J connectivity index is 1.74. The summed E-state index contributed by atoms with van der Waals surface area (Å²) in [6, 6.07) is 5.12. The van der Waals surface area contributed by atoms with E-state index in [0.29, 0.717) is 16.1 Å². The van der Waals surface area contributed by atoms with Crippen molar-refractivity contribution in [2.24, 2.45) is 5.73 Å². The lowest BCUT2D eigenvalue weighted by Crippen LogP contribution is -2.33. The van der Waals surface area contributed by atoms with Crippen molar-refractivity contribution in [3.63, 3.8) is 0 Å². The number of sulfonamides is 1. The largest absolute Gasteiger partial charge is 0.365 e. The molecule has 0 radical (unpaired) electrons. The average Bonchev–Trinajstić information content (AvgIpc) is 2.83. The van der Waals surface area contributed by atoms with Gasteiger partial charge in [-0.15, -0.1) is 11.3 Å². The predicted octanol–water partition coefficient (Wildman–Crippen LogP) is 2.65. The molecule has 0 fully saturated rings. The van der Waals surface area contributed by atoms with Gasteiger partial charge in [-0.2, -0.15) is 0 Å². The Labute approximate surface area is 174 Å². The number of thiophene rings is 1. The van der Waals surface area contributed by atoms with Crippen LogP contribution in [-0.2, 0) is 27.7 Å². The molecule has 0 saturated heterocycles. The second-order valence-corrected chi connectivity index (χ2v) is 10.1. The summed E-state index contributed by atoms with van der Waals surface area (Å²) in [6.45, 7) is 3.07. The molecule has 4 N–H and O–H groups in total. The Morgan fingerprint density at radius 1 is 1.14 bits per heavy atom. The summed E-state index contributed by atoms with van der Waals surface area (Å²) in [7, 11) is -3.83. The number of aryl methyl sites for hydroxylation is 3. The lowest BCUT2D eigenvalue weighted by molar-refractivity contribution is -0.115. The average molecular weight is 436 g/mol. The number of hydrogen-bond donors (Lipinski definition) is 3. The molecule has 2 amide bonds. The van der Waals surface area contributed by atoms with Gasteiger partial charge in [0.05, 0.1) is 17.0 Å². The summed E-state index contributed by atoms with van der Waals surface area (Å²) >= 11 is 1.36. The molecule has 1 aromatic carbocycles. The Bertz CT molecular complexity index is 1060. The van der Waals surface area contributed by atoms with Crippen LogP contribution < -0.4 is 15.8 Å². The van der Waals surface area contributed by atoms with Crippen molar-refractivity contribution in [1.29, 1.82) is 0 Å². The van der Waals surface area contributed by atoms with Crippen molar-refractivity contribution in [2.75, 3.05) is 11.9 Å². The van der Waals surface area contributed by atoms with Gasteiger partial charge in [-0.1, -0.05) is 18.6 Å². The molecular formula is C20H25N3O4S2. The van der Waals surface area contributed by atoms with Crippen molar-refractivity contribution in [2.45, 2.75) is 50.8 Å². The van der Waals surface area contributed by atoms with Crippen LogP contribution in [0, 0.1) is 13.8 Å². The second-order valence-electron chi connectivity index (χ2n) is 7.27. The molecule has 3 rings (SSSR count). The van der Waals surface area contributed by atoms with Gasteiger partial charge in [-0.05, 0) is 62.3 Å². The minimum absolute atomic E-state index is 0.144. The molecule has 1 aromatic heterocycles. The molecule has 7 nitrogen and oxygen atoms in total. The van der Waals surface area contributed by atoms with Crippen LogP contribution in [0.15, 0.2) is 23.1 Å². The molecule has 2 aromatic rings. The quantitative estimate of drug-likeness (QED) is 0.604. The maximum absolute atomic E-state index is 12.6. The number of carbonyl (C=O) groups is 2. The number of fused-ring (bicyclic) bond motifs is 1. The highest BCUT2D eigenvalue weighted by molar-refractivity contribution is 7.89. The molecule has 0 bridgehead atoms. The maximum Gasteiger partial charge on any atom is 0.251 e. The third-order valence-electron chi connectivity index (χ3n) is 4.98. The highest BCUT2D eigenvalue weighted by Crippen LogP contribution is 2.37. The zero-order valence-electron chi connectivity index (χ0n) is 16.5. The van der Waals surface area contributed by atoms with Crippen molar-refractivity contribution >= 4 is 38.2 Å². The molecule has 0 saturated carbocycles. The highest BCUT2D eigenvalue weighted by atomic mass is 32.2. The van der Waals surface area contributed by atoms with Gasteiger partial charge in [0.1, 0.15) is 5.00 Å². The number of amides is 2. The molecule has 0 spiro atoms. The van der Waals surface area contributed by atoms with E-state index >= 15 is 0 Å². The van der Waals surface area contributed by atoms with Crippen LogP contribution in [0.2, 0.25) is 0 Å². The van der Waals surface area contributed by atoms with E-state index in [1.165, 1.54) is 11.3 Å². The smallest absolute Gasteiger partial charge is 0.251 e. The zero-order chi connectivity index (χ0) is 21.2. The Kier molecular flexibility index (Phi) is 6.40. The number of nitrogens with one attached hydrogen (secondary N) is 2. The molecule has 156 valence electrons. The van der Waals surface area contributed by atoms with Gasteiger partial charge < -0.3 is 11.1 Å². The molecule has 0 aliphatic heterocycles. The monoisotopic (exact) mass is 435 g/mol. The van der Waals surface area contributed by atoms with Gasteiger partial charge in [0.25, 0.3) is 5.91 Å². The summed E-state index contributed by atoms with van der Waals surface area (Å²) < 4.78 is 27.5. The fourth-order valence-electron chi connectivity index (χ4n) is 3.50. The fourth-order valence-corrected chi connectivity index (χ4v) is 6.12. The van der Waals surface area contributed by atoms with E-state index in [1.54, 1.807) is 26.0 Å². The van der Waals surface area contributed by atoms with E-state index in [-0.39, 0.29) is 4.90 Å². The highest BCUT2D eigenvalue weighted by Gasteiger charge is 2.25. The lowest BCUT2D eigenvalue weighted by Gasteiger charge is -2.10. The number of primary amides is 1. The minimum Gasteiger partial charge on any atom is -0.365 e. The van der Waals surface area contributed by atoms with E-state index in [0.717, 1.165) is 48.1 Å². The van der Waals surface area contributed by atoms with Crippen LogP contribution in [0.1, 0.15) is 51.2 Å². The first-order valence-corrected chi connectivity index (χ1v) is 11.8. The van der Waals surface area contributed by atoms with Crippen LogP contribution in [0.5, 0.6) is 0 Å². The first-order chi connectivity index (χ1) is 13.7. The zero-order valence-corrected chi connectivity index (χ0v) is 18.1. The molecule has 1 heterocycles. The second kappa shape index (κ2) is 8.64. The van der Waals surface area contributed by atoms with Gasteiger partial charge in [0.15, 0.2) is 0 Å². The minimum atomic E-state index is -3.83. The lowest BCUT2D eigenvalue weighted by atomic mass is 10.1.